The Morgan fingerprint density at radius 2 is 1.64 bits per heavy atom. The molecule has 2 N–H and O–H groups in total. The number of alkyl halides is 3. The number of methoxy groups -OCH3 is 1. The molecule has 0 atom stereocenters. The second kappa shape index (κ2) is 10.1. The molecule has 0 aliphatic rings. The number of sulfone groups is 1. The fourth-order valence-corrected chi connectivity index (χ4v) is 5.39. The van der Waals surface area contributed by atoms with Crippen molar-refractivity contribution in [2.45, 2.75) is 30.2 Å². The molecule has 194 valence electrons. The van der Waals surface area contributed by atoms with Crippen molar-refractivity contribution in [1.82, 2.24) is 4.98 Å². The van der Waals surface area contributed by atoms with Crippen LogP contribution in [0.15, 0.2) is 59.6 Å². The van der Waals surface area contributed by atoms with Gasteiger partial charge in [0.25, 0.3) is 0 Å². The first-order valence-electron chi connectivity index (χ1n) is 10.8. The number of rotatable bonds is 8. The smallest absolute Gasteiger partial charge is 0.419 e. The Bertz CT molecular complexity index is 1420. The van der Waals surface area contributed by atoms with Gasteiger partial charge in [0, 0.05) is 17.6 Å². The van der Waals surface area contributed by atoms with Crippen LogP contribution in [-0.2, 0) is 20.6 Å². The Morgan fingerprint density at radius 3 is 2.22 bits per heavy atom. The third-order valence-electron chi connectivity index (χ3n) is 5.36. The lowest BCUT2D eigenvalue weighted by molar-refractivity contribution is -0.137. The number of ether oxygens (including phenoxy) is 1. The molecule has 0 spiro atoms. The van der Waals surface area contributed by atoms with Gasteiger partial charge in [-0.2, -0.15) is 13.2 Å². The monoisotopic (exact) mass is 541 g/mol. The van der Waals surface area contributed by atoms with Crippen LogP contribution in [0, 0.1) is 0 Å². The quantitative estimate of drug-likeness (QED) is 0.336. The first kappa shape index (κ1) is 27.5. The summed E-state index contributed by atoms with van der Waals surface area (Å²) in [6, 6.07) is 11.8. The predicted octanol–water partition coefficient (Wildman–Crippen LogP) is 6.03. The van der Waals surface area contributed by atoms with E-state index in [0.29, 0.717) is 22.9 Å². The number of para-hydroxylation sites is 1. The fraction of sp³-hybridized carbons (Fsp3) is 0.292. The van der Waals surface area contributed by atoms with Gasteiger partial charge in [-0.15, -0.1) is 0 Å². The Morgan fingerprint density at radius 1 is 0.972 bits per heavy atom. The van der Waals surface area contributed by atoms with Crippen molar-refractivity contribution in [1.29, 1.82) is 0 Å². The SMILES string of the molecule is COc1cc(P(C)(C)=O)ccc1Nc1cc(Nc2ccccc2S(=O)(=O)C(C)C)c(C(F)(F)F)cn1. The third kappa shape index (κ3) is 6.02. The highest BCUT2D eigenvalue weighted by Gasteiger charge is 2.35. The number of halogens is 3. The van der Waals surface area contributed by atoms with Crippen molar-refractivity contribution in [2.24, 2.45) is 0 Å². The number of aromatic nitrogens is 1. The van der Waals surface area contributed by atoms with E-state index in [1.54, 1.807) is 31.5 Å². The topological polar surface area (TPSA) is 97.4 Å². The number of anilines is 4. The van der Waals surface area contributed by atoms with Gasteiger partial charge in [0.2, 0.25) is 0 Å². The lowest BCUT2D eigenvalue weighted by atomic mass is 10.2. The summed E-state index contributed by atoms with van der Waals surface area (Å²) in [7, 11) is -4.92. The van der Waals surface area contributed by atoms with E-state index in [4.69, 9.17) is 4.74 Å². The molecule has 7 nitrogen and oxygen atoms in total. The second-order valence-electron chi connectivity index (χ2n) is 8.69. The van der Waals surface area contributed by atoms with Gasteiger partial charge in [0.15, 0.2) is 9.84 Å². The Hall–Kier alpha value is -3.04. The van der Waals surface area contributed by atoms with Crippen LogP contribution in [0.2, 0.25) is 0 Å². The molecule has 0 bridgehead atoms. The lowest BCUT2D eigenvalue weighted by Crippen LogP contribution is -2.16. The van der Waals surface area contributed by atoms with E-state index < -0.39 is 34.0 Å². The van der Waals surface area contributed by atoms with E-state index in [9.17, 15) is 26.2 Å². The number of nitrogens with zero attached hydrogens (tertiary/aromatic N) is 1. The van der Waals surface area contributed by atoms with Crippen molar-refractivity contribution in [3.8, 4) is 5.75 Å². The van der Waals surface area contributed by atoms with Gasteiger partial charge in [0.05, 0.1) is 39.9 Å². The highest BCUT2D eigenvalue weighted by atomic mass is 32.2. The van der Waals surface area contributed by atoms with Crippen molar-refractivity contribution in [2.75, 3.05) is 31.1 Å². The van der Waals surface area contributed by atoms with Crippen LogP contribution in [0.1, 0.15) is 19.4 Å². The molecule has 12 heteroatoms. The third-order valence-corrected chi connectivity index (χ3v) is 9.09. The largest absolute Gasteiger partial charge is 0.495 e. The van der Waals surface area contributed by atoms with Crippen LogP contribution in [0.3, 0.4) is 0 Å². The summed E-state index contributed by atoms with van der Waals surface area (Å²) in [5.74, 6) is 0.387. The van der Waals surface area contributed by atoms with E-state index in [2.05, 4.69) is 15.6 Å². The molecule has 0 saturated heterocycles. The zero-order valence-corrected chi connectivity index (χ0v) is 22.1. The first-order chi connectivity index (χ1) is 16.6. The van der Waals surface area contributed by atoms with Gasteiger partial charge in [-0.25, -0.2) is 13.4 Å². The van der Waals surface area contributed by atoms with Crippen LogP contribution >= 0.6 is 7.14 Å². The van der Waals surface area contributed by atoms with E-state index >= 15 is 0 Å². The molecule has 0 aliphatic heterocycles. The van der Waals surface area contributed by atoms with Crippen LogP contribution in [0.4, 0.5) is 36.1 Å². The van der Waals surface area contributed by atoms with Crippen LogP contribution in [-0.4, -0.2) is 39.1 Å². The molecule has 0 amide bonds. The molecular weight excluding hydrogens is 514 g/mol. The van der Waals surface area contributed by atoms with E-state index in [1.165, 1.54) is 45.2 Å². The van der Waals surface area contributed by atoms with Gasteiger partial charge in [-0.3, -0.25) is 0 Å². The molecule has 0 aliphatic carbocycles. The molecule has 0 saturated carbocycles. The summed E-state index contributed by atoms with van der Waals surface area (Å²) in [5.41, 5.74) is -1.04. The van der Waals surface area contributed by atoms with Gasteiger partial charge >= 0.3 is 6.18 Å². The number of hydrogen-bond donors (Lipinski definition) is 2. The molecular formula is C24H27F3N3O4PS. The average molecular weight is 542 g/mol. The van der Waals surface area contributed by atoms with Crippen LogP contribution in [0.25, 0.3) is 0 Å². The molecule has 0 radical (unpaired) electrons. The Kier molecular flexibility index (Phi) is 7.76. The minimum atomic E-state index is -4.75. The average Bonchev–Trinajstić information content (AvgIpc) is 2.78. The molecule has 36 heavy (non-hydrogen) atoms. The summed E-state index contributed by atoms with van der Waals surface area (Å²) in [6.45, 7) is 6.22. The minimum absolute atomic E-state index is 0.0115. The maximum Gasteiger partial charge on any atom is 0.419 e. The number of pyridine rings is 1. The van der Waals surface area contributed by atoms with E-state index in [1.807, 2.05) is 0 Å². The second-order valence-corrected chi connectivity index (χ2v) is 14.4. The Balaban J connectivity index is 2.07. The molecule has 1 heterocycles. The summed E-state index contributed by atoms with van der Waals surface area (Å²) >= 11 is 0. The van der Waals surface area contributed by atoms with Gasteiger partial charge < -0.3 is 19.9 Å². The number of hydrogen-bond acceptors (Lipinski definition) is 7. The van der Waals surface area contributed by atoms with Crippen molar-refractivity contribution in [3.63, 3.8) is 0 Å². The zero-order chi connectivity index (χ0) is 26.9. The Labute approximate surface area is 208 Å². The number of benzene rings is 2. The molecule has 2 aromatic carbocycles. The molecule has 1 aromatic heterocycles. The summed E-state index contributed by atoms with van der Waals surface area (Å²) in [4.78, 5) is 3.78. The molecule has 3 rings (SSSR count). The minimum Gasteiger partial charge on any atom is -0.495 e. The van der Waals surface area contributed by atoms with Gasteiger partial charge in [0.1, 0.15) is 18.7 Å². The van der Waals surface area contributed by atoms with E-state index in [0.717, 1.165) is 6.07 Å². The maximum absolute atomic E-state index is 13.8. The normalized spacial score (nSPS) is 12.5. The van der Waals surface area contributed by atoms with Crippen LogP contribution < -0.4 is 20.7 Å². The molecule has 0 unspecified atom stereocenters. The summed E-state index contributed by atoms with van der Waals surface area (Å²) < 4.78 is 84.7. The van der Waals surface area contributed by atoms with E-state index in [-0.39, 0.29) is 22.1 Å². The predicted molar refractivity (Wildman–Crippen MR) is 137 cm³/mol. The van der Waals surface area contributed by atoms with Gasteiger partial charge in [-0.1, -0.05) is 12.1 Å². The maximum atomic E-state index is 13.8. The zero-order valence-electron chi connectivity index (χ0n) is 20.3. The highest BCUT2D eigenvalue weighted by molar-refractivity contribution is 7.92. The first-order valence-corrected chi connectivity index (χ1v) is 15.0. The summed E-state index contributed by atoms with van der Waals surface area (Å²) in [6.07, 6.45) is -4.08. The molecule has 0 fully saturated rings. The molecule has 3 aromatic rings. The van der Waals surface area contributed by atoms with Gasteiger partial charge in [-0.05, 0) is 57.5 Å². The fourth-order valence-electron chi connectivity index (χ4n) is 3.33. The highest BCUT2D eigenvalue weighted by Crippen LogP contribution is 2.40. The van der Waals surface area contributed by atoms with Crippen molar-refractivity contribution >= 4 is 45.2 Å². The summed E-state index contributed by atoms with van der Waals surface area (Å²) in [5, 5.41) is 5.37. The van der Waals surface area contributed by atoms with Crippen molar-refractivity contribution < 1.29 is 30.9 Å². The van der Waals surface area contributed by atoms with Crippen molar-refractivity contribution in [3.05, 3.63) is 60.3 Å². The lowest BCUT2D eigenvalue weighted by Gasteiger charge is -2.19. The number of nitrogens with one attached hydrogen (secondary N) is 2. The standard InChI is InChI=1S/C24H27F3N3O4PS/c1-15(2)36(32,33)22-9-7-6-8-19(22)29-20-13-23(28-14-17(20)24(25,26)27)30-18-11-10-16(35(4,5)31)12-21(18)34-3/h6-15H,1-5H3,(H2,28,29,30). The van der Waals surface area contributed by atoms with Crippen LogP contribution in [0.5, 0.6) is 5.75 Å².